The van der Waals surface area contributed by atoms with E-state index >= 15 is 0 Å². The molecule has 2 N–H and O–H groups in total. The second kappa shape index (κ2) is 5.75. The van der Waals surface area contributed by atoms with E-state index in [1.54, 1.807) is 0 Å². The molecule has 1 aromatic heterocycles. The van der Waals surface area contributed by atoms with E-state index < -0.39 is 27.1 Å². The molecule has 1 fully saturated rings. The SMILES string of the molecule is O=C(NCC1CCS(=O)(=O)C1)Nc1nnc(C(F)(F)F)s1. The number of alkyl halides is 3. The second-order valence-electron chi connectivity index (χ2n) is 4.51. The Hall–Kier alpha value is -1.43. The molecule has 0 aliphatic carbocycles. The molecule has 1 aromatic rings. The molecule has 1 atom stereocenters. The molecule has 118 valence electrons. The molecule has 2 heterocycles. The first-order chi connectivity index (χ1) is 9.66. The van der Waals surface area contributed by atoms with E-state index in [9.17, 15) is 26.4 Å². The highest BCUT2D eigenvalue weighted by molar-refractivity contribution is 7.91. The summed E-state index contributed by atoms with van der Waals surface area (Å²) in [6.07, 6.45) is -4.15. The average Bonchev–Trinajstić information content (AvgIpc) is 2.92. The molecule has 1 saturated heterocycles. The molecule has 0 aromatic carbocycles. The Bertz CT molecular complexity index is 628. The fourth-order valence-corrected chi connectivity index (χ4v) is 4.27. The van der Waals surface area contributed by atoms with Crippen LogP contribution in [0.25, 0.3) is 0 Å². The molecule has 2 amide bonds. The van der Waals surface area contributed by atoms with Crippen molar-refractivity contribution in [2.24, 2.45) is 5.92 Å². The summed E-state index contributed by atoms with van der Waals surface area (Å²) in [5.41, 5.74) is 0. The van der Waals surface area contributed by atoms with Gasteiger partial charge in [0.2, 0.25) is 10.1 Å². The van der Waals surface area contributed by atoms with Gasteiger partial charge in [0.25, 0.3) is 0 Å². The van der Waals surface area contributed by atoms with Crippen LogP contribution in [0.4, 0.5) is 23.1 Å². The molecule has 12 heteroatoms. The third-order valence-corrected chi connectivity index (χ3v) is 5.49. The first kappa shape index (κ1) is 15.9. The predicted molar refractivity (Wildman–Crippen MR) is 68.7 cm³/mol. The molecule has 1 aliphatic rings. The monoisotopic (exact) mass is 344 g/mol. The molecular formula is C9H11F3N4O3S2. The first-order valence-electron chi connectivity index (χ1n) is 5.82. The Balaban J connectivity index is 1.81. The molecular weight excluding hydrogens is 333 g/mol. The van der Waals surface area contributed by atoms with Gasteiger partial charge in [-0.2, -0.15) is 13.2 Å². The normalized spacial score (nSPS) is 21.2. The van der Waals surface area contributed by atoms with E-state index in [4.69, 9.17) is 0 Å². The van der Waals surface area contributed by atoms with Gasteiger partial charge in [-0.3, -0.25) is 5.32 Å². The van der Waals surface area contributed by atoms with Crippen LogP contribution in [0.1, 0.15) is 11.4 Å². The lowest BCUT2D eigenvalue weighted by atomic mass is 10.1. The fourth-order valence-electron chi connectivity index (χ4n) is 1.80. The largest absolute Gasteiger partial charge is 0.445 e. The number of hydrogen-bond donors (Lipinski definition) is 2. The number of carbonyl (C=O) groups is 1. The zero-order valence-electron chi connectivity index (χ0n) is 10.5. The molecule has 1 aliphatic heterocycles. The van der Waals surface area contributed by atoms with Gasteiger partial charge in [0.05, 0.1) is 11.5 Å². The van der Waals surface area contributed by atoms with Crippen LogP contribution in [0, 0.1) is 5.92 Å². The summed E-state index contributed by atoms with van der Waals surface area (Å²) >= 11 is 0.211. The number of nitrogens with zero attached hydrogens (tertiary/aromatic N) is 2. The Morgan fingerprint density at radius 3 is 2.62 bits per heavy atom. The molecule has 0 saturated carbocycles. The third-order valence-electron chi connectivity index (χ3n) is 2.77. The van der Waals surface area contributed by atoms with E-state index in [1.165, 1.54) is 0 Å². The van der Waals surface area contributed by atoms with Crippen molar-refractivity contribution in [3.8, 4) is 0 Å². The predicted octanol–water partition coefficient (Wildman–Crippen LogP) is 1.11. The lowest BCUT2D eigenvalue weighted by Gasteiger charge is -2.09. The van der Waals surface area contributed by atoms with Crippen molar-refractivity contribution in [1.29, 1.82) is 0 Å². The number of hydrogen-bond acceptors (Lipinski definition) is 6. The molecule has 1 unspecified atom stereocenters. The zero-order valence-corrected chi connectivity index (χ0v) is 12.1. The summed E-state index contributed by atoms with van der Waals surface area (Å²) in [6, 6.07) is -0.746. The summed E-state index contributed by atoms with van der Waals surface area (Å²) in [5.74, 6) is -0.0858. The fraction of sp³-hybridized carbons (Fsp3) is 0.667. The average molecular weight is 344 g/mol. The lowest BCUT2D eigenvalue weighted by Crippen LogP contribution is -2.33. The number of rotatable bonds is 3. The van der Waals surface area contributed by atoms with Crippen molar-refractivity contribution in [2.75, 3.05) is 23.4 Å². The molecule has 7 nitrogen and oxygen atoms in total. The van der Waals surface area contributed by atoms with Crippen molar-refractivity contribution in [3.05, 3.63) is 5.01 Å². The summed E-state index contributed by atoms with van der Waals surface area (Å²) in [6.45, 7) is 0.135. The molecule has 0 bridgehead atoms. The van der Waals surface area contributed by atoms with Crippen molar-refractivity contribution >= 4 is 32.3 Å². The maximum Gasteiger partial charge on any atom is 0.445 e. The van der Waals surface area contributed by atoms with Crippen LogP contribution < -0.4 is 10.6 Å². The van der Waals surface area contributed by atoms with Gasteiger partial charge in [0.1, 0.15) is 0 Å². The van der Waals surface area contributed by atoms with Gasteiger partial charge in [0, 0.05) is 6.54 Å². The minimum atomic E-state index is -4.60. The minimum absolute atomic E-state index is 0.00428. The highest BCUT2D eigenvalue weighted by Crippen LogP contribution is 2.32. The molecule has 2 rings (SSSR count). The smallest absolute Gasteiger partial charge is 0.337 e. The van der Waals surface area contributed by atoms with E-state index in [0.29, 0.717) is 6.42 Å². The number of nitrogens with one attached hydrogen (secondary N) is 2. The topological polar surface area (TPSA) is 101 Å². The maximum absolute atomic E-state index is 12.3. The van der Waals surface area contributed by atoms with Crippen molar-refractivity contribution < 1.29 is 26.4 Å². The van der Waals surface area contributed by atoms with Gasteiger partial charge in [0.15, 0.2) is 9.84 Å². The van der Waals surface area contributed by atoms with Crippen LogP contribution in [-0.2, 0) is 16.0 Å². The molecule has 21 heavy (non-hydrogen) atoms. The van der Waals surface area contributed by atoms with Crippen LogP contribution >= 0.6 is 11.3 Å². The van der Waals surface area contributed by atoms with Crippen LogP contribution in [0.5, 0.6) is 0 Å². The number of urea groups is 1. The van der Waals surface area contributed by atoms with Crippen molar-refractivity contribution in [3.63, 3.8) is 0 Å². The van der Waals surface area contributed by atoms with Gasteiger partial charge in [-0.25, -0.2) is 13.2 Å². The minimum Gasteiger partial charge on any atom is -0.337 e. The number of sulfone groups is 1. The summed E-state index contributed by atoms with van der Waals surface area (Å²) < 4.78 is 59.3. The quantitative estimate of drug-likeness (QED) is 0.855. The second-order valence-corrected chi connectivity index (χ2v) is 7.72. The van der Waals surface area contributed by atoms with Crippen LogP contribution in [-0.4, -0.2) is 42.7 Å². The van der Waals surface area contributed by atoms with Gasteiger partial charge >= 0.3 is 12.2 Å². The Morgan fingerprint density at radius 2 is 2.10 bits per heavy atom. The summed E-state index contributed by atoms with van der Waals surface area (Å²) in [5, 5.41) is 9.22. The van der Waals surface area contributed by atoms with Crippen LogP contribution in [0.15, 0.2) is 0 Å². The Morgan fingerprint density at radius 1 is 1.38 bits per heavy atom. The number of anilines is 1. The van der Waals surface area contributed by atoms with Crippen molar-refractivity contribution in [1.82, 2.24) is 15.5 Å². The number of carbonyl (C=O) groups excluding carboxylic acids is 1. The van der Waals surface area contributed by atoms with E-state index in [0.717, 1.165) is 0 Å². The zero-order chi connectivity index (χ0) is 15.7. The molecule has 0 spiro atoms. The maximum atomic E-state index is 12.3. The number of halogens is 3. The van der Waals surface area contributed by atoms with Gasteiger partial charge in [-0.15, -0.1) is 10.2 Å². The first-order valence-corrected chi connectivity index (χ1v) is 8.45. The highest BCUT2D eigenvalue weighted by atomic mass is 32.2. The lowest BCUT2D eigenvalue weighted by molar-refractivity contribution is -0.138. The van der Waals surface area contributed by atoms with Gasteiger partial charge in [-0.1, -0.05) is 11.3 Å². The molecule has 0 radical (unpaired) electrons. The van der Waals surface area contributed by atoms with Crippen LogP contribution in [0.3, 0.4) is 0 Å². The van der Waals surface area contributed by atoms with Crippen molar-refractivity contribution in [2.45, 2.75) is 12.6 Å². The van der Waals surface area contributed by atoms with E-state index in [1.807, 2.05) is 0 Å². The Labute approximate surface area is 121 Å². The summed E-state index contributed by atoms with van der Waals surface area (Å²) in [4.78, 5) is 11.5. The Kier molecular flexibility index (Phi) is 4.37. The number of amides is 2. The van der Waals surface area contributed by atoms with Gasteiger partial charge < -0.3 is 5.32 Å². The van der Waals surface area contributed by atoms with Crippen LogP contribution in [0.2, 0.25) is 0 Å². The highest BCUT2D eigenvalue weighted by Gasteiger charge is 2.36. The number of aromatic nitrogens is 2. The standard InChI is InChI=1S/C9H11F3N4O3S2/c10-9(11,12)6-15-16-8(20-6)14-7(17)13-3-5-1-2-21(18,19)4-5/h5H,1-4H2,(H2,13,14,16,17). The van der Waals surface area contributed by atoms with E-state index in [-0.39, 0.29) is 40.4 Å². The van der Waals surface area contributed by atoms with E-state index in [2.05, 4.69) is 20.8 Å². The summed E-state index contributed by atoms with van der Waals surface area (Å²) in [7, 11) is -3.03. The third kappa shape index (κ3) is 4.52. The van der Waals surface area contributed by atoms with Gasteiger partial charge in [-0.05, 0) is 12.3 Å².